The molecule has 3 rings (SSSR count). The predicted molar refractivity (Wildman–Crippen MR) is 109 cm³/mol. The van der Waals surface area contributed by atoms with Crippen LogP contribution in [0.4, 0.5) is 4.39 Å². The van der Waals surface area contributed by atoms with Gasteiger partial charge in [0.05, 0.1) is 5.92 Å². The maximum absolute atomic E-state index is 13.3. The Morgan fingerprint density at radius 2 is 1.62 bits per heavy atom. The average Bonchev–Trinajstić information content (AvgIpc) is 2.77. The summed E-state index contributed by atoms with van der Waals surface area (Å²) in [5, 5.41) is 5.63. The van der Waals surface area contributed by atoms with Crippen molar-refractivity contribution in [3.05, 3.63) is 102 Å². The molecule has 6 heteroatoms. The van der Waals surface area contributed by atoms with E-state index in [9.17, 15) is 14.0 Å². The normalized spacial score (nSPS) is 11.5. The Labute approximate surface area is 169 Å². The quantitative estimate of drug-likeness (QED) is 0.580. The highest BCUT2D eigenvalue weighted by Crippen LogP contribution is 2.21. The standard InChI is InChI=1S/C23H22FN3O2/c24-20-10-8-18(9-11-20)21(15-17-5-4-12-25-16-17)23(29)27-14-13-26-22(28)19-6-2-1-3-7-19/h1-12,16,21H,13-15H2,(H,26,28)(H,27,29). The van der Waals surface area contributed by atoms with Gasteiger partial charge in [-0.05, 0) is 47.9 Å². The Balaban J connectivity index is 1.59. The molecule has 29 heavy (non-hydrogen) atoms. The van der Waals surface area contributed by atoms with Crippen molar-refractivity contribution in [3.63, 3.8) is 0 Å². The van der Waals surface area contributed by atoms with E-state index in [4.69, 9.17) is 0 Å². The smallest absolute Gasteiger partial charge is 0.251 e. The third kappa shape index (κ3) is 5.97. The van der Waals surface area contributed by atoms with Gasteiger partial charge in [0.2, 0.25) is 5.91 Å². The van der Waals surface area contributed by atoms with E-state index in [0.29, 0.717) is 25.1 Å². The molecule has 1 atom stereocenters. The van der Waals surface area contributed by atoms with Crippen molar-refractivity contribution < 1.29 is 14.0 Å². The number of carbonyl (C=O) groups is 2. The molecule has 0 radical (unpaired) electrons. The van der Waals surface area contributed by atoms with E-state index in [1.54, 1.807) is 48.8 Å². The van der Waals surface area contributed by atoms with E-state index < -0.39 is 5.92 Å². The molecule has 0 fully saturated rings. The van der Waals surface area contributed by atoms with Gasteiger partial charge in [-0.2, -0.15) is 0 Å². The molecule has 0 saturated heterocycles. The number of rotatable bonds is 8. The number of aromatic nitrogens is 1. The summed E-state index contributed by atoms with van der Waals surface area (Å²) in [6.07, 6.45) is 3.83. The zero-order valence-electron chi connectivity index (χ0n) is 15.8. The molecular weight excluding hydrogens is 369 g/mol. The highest BCUT2D eigenvalue weighted by molar-refractivity contribution is 5.94. The van der Waals surface area contributed by atoms with E-state index in [1.165, 1.54) is 12.1 Å². The van der Waals surface area contributed by atoms with Gasteiger partial charge >= 0.3 is 0 Å². The lowest BCUT2D eigenvalue weighted by Crippen LogP contribution is -2.37. The minimum absolute atomic E-state index is 0.186. The van der Waals surface area contributed by atoms with Gasteiger partial charge in [-0.25, -0.2) is 4.39 Å². The first kappa shape index (κ1) is 20.2. The molecule has 0 aliphatic rings. The molecule has 0 saturated carbocycles. The molecule has 0 aliphatic carbocycles. The zero-order chi connectivity index (χ0) is 20.5. The van der Waals surface area contributed by atoms with Crippen LogP contribution in [0.5, 0.6) is 0 Å². The number of amides is 2. The number of carbonyl (C=O) groups excluding carboxylic acids is 2. The van der Waals surface area contributed by atoms with Gasteiger partial charge in [-0.3, -0.25) is 14.6 Å². The lowest BCUT2D eigenvalue weighted by atomic mass is 9.91. The van der Waals surface area contributed by atoms with Crippen molar-refractivity contribution in [2.75, 3.05) is 13.1 Å². The first-order chi connectivity index (χ1) is 14.1. The van der Waals surface area contributed by atoms with E-state index in [1.807, 2.05) is 18.2 Å². The van der Waals surface area contributed by atoms with Crippen molar-refractivity contribution >= 4 is 11.8 Å². The van der Waals surface area contributed by atoms with Crippen molar-refractivity contribution in [2.24, 2.45) is 0 Å². The number of nitrogens with one attached hydrogen (secondary N) is 2. The largest absolute Gasteiger partial charge is 0.354 e. The first-order valence-corrected chi connectivity index (χ1v) is 9.39. The van der Waals surface area contributed by atoms with E-state index in [-0.39, 0.29) is 17.6 Å². The molecule has 0 aliphatic heterocycles. The molecule has 1 unspecified atom stereocenters. The van der Waals surface area contributed by atoms with Gasteiger partial charge in [-0.1, -0.05) is 36.4 Å². The minimum atomic E-state index is -0.482. The van der Waals surface area contributed by atoms with Crippen LogP contribution < -0.4 is 10.6 Å². The second-order valence-electron chi connectivity index (χ2n) is 6.58. The molecule has 3 aromatic rings. The fraction of sp³-hybridized carbons (Fsp3) is 0.174. The summed E-state index contributed by atoms with van der Waals surface area (Å²) in [6, 6.07) is 18.5. The molecule has 0 spiro atoms. The molecule has 2 N–H and O–H groups in total. The second kappa shape index (κ2) is 10.1. The average molecular weight is 391 g/mol. The van der Waals surface area contributed by atoms with Crippen LogP contribution in [-0.4, -0.2) is 29.9 Å². The molecule has 0 bridgehead atoms. The Morgan fingerprint density at radius 1 is 0.897 bits per heavy atom. The van der Waals surface area contributed by atoms with Gasteiger partial charge in [-0.15, -0.1) is 0 Å². The molecule has 5 nitrogen and oxygen atoms in total. The summed E-state index contributed by atoms with van der Waals surface area (Å²) in [5.74, 6) is -1.21. The number of benzene rings is 2. The Morgan fingerprint density at radius 3 is 2.31 bits per heavy atom. The summed E-state index contributed by atoms with van der Waals surface area (Å²) < 4.78 is 13.3. The topological polar surface area (TPSA) is 71.1 Å². The lowest BCUT2D eigenvalue weighted by Gasteiger charge is -2.17. The number of pyridine rings is 1. The van der Waals surface area contributed by atoms with Crippen molar-refractivity contribution in [1.29, 1.82) is 0 Å². The predicted octanol–water partition coefficient (Wildman–Crippen LogP) is 3.09. The second-order valence-corrected chi connectivity index (χ2v) is 6.58. The Kier molecular flexibility index (Phi) is 7.05. The van der Waals surface area contributed by atoms with Crippen LogP contribution in [0.3, 0.4) is 0 Å². The minimum Gasteiger partial charge on any atom is -0.354 e. The number of nitrogens with zero attached hydrogens (tertiary/aromatic N) is 1. The van der Waals surface area contributed by atoms with Crippen molar-refractivity contribution in [1.82, 2.24) is 15.6 Å². The number of halogens is 1. The van der Waals surface area contributed by atoms with Gasteiger partial charge < -0.3 is 10.6 Å². The zero-order valence-corrected chi connectivity index (χ0v) is 15.8. The fourth-order valence-electron chi connectivity index (χ4n) is 2.99. The molecule has 148 valence electrons. The van der Waals surface area contributed by atoms with Gasteiger partial charge in [0.1, 0.15) is 5.82 Å². The summed E-state index contributed by atoms with van der Waals surface area (Å²) >= 11 is 0. The lowest BCUT2D eigenvalue weighted by molar-refractivity contribution is -0.122. The van der Waals surface area contributed by atoms with Crippen molar-refractivity contribution in [2.45, 2.75) is 12.3 Å². The first-order valence-electron chi connectivity index (χ1n) is 9.39. The summed E-state index contributed by atoms with van der Waals surface area (Å²) in [7, 11) is 0. The maximum atomic E-state index is 13.3. The third-order valence-corrected chi connectivity index (χ3v) is 4.50. The Hall–Kier alpha value is -3.54. The van der Waals surface area contributed by atoms with Crippen LogP contribution >= 0.6 is 0 Å². The highest BCUT2D eigenvalue weighted by atomic mass is 19.1. The highest BCUT2D eigenvalue weighted by Gasteiger charge is 2.21. The van der Waals surface area contributed by atoms with E-state index >= 15 is 0 Å². The fourth-order valence-corrected chi connectivity index (χ4v) is 2.99. The summed E-state index contributed by atoms with van der Waals surface area (Å²) in [4.78, 5) is 29.0. The van der Waals surface area contributed by atoms with Crippen molar-refractivity contribution in [3.8, 4) is 0 Å². The molecule has 1 heterocycles. The van der Waals surface area contributed by atoms with Crippen LogP contribution in [-0.2, 0) is 11.2 Å². The summed E-state index contributed by atoms with van der Waals surface area (Å²) in [5.41, 5.74) is 2.20. The van der Waals surface area contributed by atoms with Crippen LogP contribution in [0.15, 0.2) is 79.1 Å². The number of hydrogen-bond acceptors (Lipinski definition) is 3. The Bertz CT molecular complexity index is 931. The maximum Gasteiger partial charge on any atom is 0.251 e. The monoisotopic (exact) mass is 391 g/mol. The van der Waals surface area contributed by atoms with Gasteiger partial charge in [0.25, 0.3) is 5.91 Å². The van der Waals surface area contributed by atoms with Gasteiger partial charge in [0.15, 0.2) is 0 Å². The van der Waals surface area contributed by atoms with E-state index in [2.05, 4.69) is 15.6 Å². The van der Waals surface area contributed by atoms with Crippen LogP contribution in [0.1, 0.15) is 27.4 Å². The van der Waals surface area contributed by atoms with Crippen LogP contribution in [0, 0.1) is 5.82 Å². The summed E-state index contributed by atoms with van der Waals surface area (Å²) in [6.45, 7) is 0.602. The molecule has 2 amide bonds. The van der Waals surface area contributed by atoms with Gasteiger partial charge in [0, 0.05) is 31.0 Å². The SMILES string of the molecule is O=C(NCCNC(=O)C(Cc1cccnc1)c1ccc(F)cc1)c1ccccc1. The van der Waals surface area contributed by atoms with E-state index in [0.717, 1.165) is 11.1 Å². The number of hydrogen-bond donors (Lipinski definition) is 2. The third-order valence-electron chi connectivity index (χ3n) is 4.50. The van der Waals surface area contributed by atoms with Crippen LogP contribution in [0.2, 0.25) is 0 Å². The van der Waals surface area contributed by atoms with Crippen LogP contribution in [0.25, 0.3) is 0 Å². The molecular formula is C23H22FN3O2. The molecule has 1 aromatic heterocycles. The molecule has 2 aromatic carbocycles.